The minimum Gasteiger partial charge on any atom is -0.394 e. The van der Waals surface area contributed by atoms with Gasteiger partial charge in [-0.3, -0.25) is 14.5 Å². The Morgan fingerprint density at radius 1 is 1.28 bits per heavy atom. The number of carbonyl (C=O) groups excluding carboxylic acids is 2. The average molecular weight is 250 g/mol. The van der Waals surface area contributed by atoms with Gasteiger partial charge in [-0.25, -0.2) is 0 Å². The van der Waals surface area contributed by atoms with Crippen LogP contribution in [0.3, 0.4) is 0 Å². The van der Waals surface area contributed by atoms with E-state index in [1.165, 1.54) is 7.05 Å². The third-order valence-electron chi connectivity index (χ3n) is 2.84. The predicted octanol–water partition coefficient (Wildman–Crippen LogP) is -0.323. The Labute approximate surface area is 104 Å². The van der Waals surface area contributed by atoms with E-state index in [4.69, 9.17) is 5.11 Å². The molecule has 0 saturated carbocycles. The Morgan fingerprint density at radius 3 is 2.61 bits per heavy atom. The molecule has 0 spiro atoms. The topological polar surface area (TPSA) is 89.9 Å². The fourth-order valence-corrected chi connectivity index (χ4v) is 1.77. The molecule has 1 atom stereocenters. The molecule has 18 heavy (non-hydrogen) atoms. The van der Waals surface area contributed by atoms with E-state index in [1.54, 1.807) is 18.2 Å². The first-order chi connectivity index (χ1) is 8.54. The predicted molar refractivity (Wildman–Crippen MR) is 64.4 cm³/mol. The zero-order chi connectivity index (χ0) is 13.3. The summed E-state index contributed by atoms with van der Waals surface area (Å²) < 4.78 is 0. The van der Waals surface area contributed by atoms with Gasteiger partial charge in [-0.1, -0.05) is 0 Å². The number of aliphatic hydroxyl groups is 2. The molecule has 1 heterocycles. The van der Waals surface area contributed by atoms with Gasteiger partial charge < -0.3 is 15.5 Å². The molecule has 0 unspecified atom stereocenters. The highest BCUT2D eigenvalue weighted by Crippen LogP contribution is 2.24. The van der Waals surface area contributed by atoms with Gasteiger partial charge >= 0.3 is 0 Å². The first-order valence-electron chi connectivity index (χ1n) is 5.54. The van der Waals surface area contributed by atoms with Gasteiger partial charge in [-0.2, -0.15) is 0 Å². The highest BCUT2D eigenvalue weighted by Gasteiger charge is 2.32. The summed E-state index contributed by atoms with van der Waals surface area (Å²) in [5.41, 5.74) is 1.36. The molecule has 0 bridgehead atoms. The summed E-state index contributed by atoms with van der Waals surface area (Å²) in [7, 11) is 1.44. The number of aliphatic hydroxyl groups excluding tert-OH is 2. The summed E-state index contributed by atoms with van der Waals surface area (Å²) in [5, 5.41) is 20.8. The van der Waals surface area contributed by atoms with Crippen LogP contribution in [0.4, 0.5) is 5.69 Å². The lowest BCUT2D eigenvalue weighted by molar-refractivity contribution is 0.0693. The van der Waals surface area contributed by atoms with E-state index in [0.717, 1.165) is 4.90 Å². The minimum absolute atomic E-state index is 0.174. The molecular formula is C12H14N2O4. The number of rotatable bonds is 4. The number of benzene rings is 1. The van der Waals surface area contributed by atoms with Gasteiger partial charge in [0.2, 0.25) is 0 Å². The second kappa shape index (κ2) is 4.75. The van der Waals surface area contributed by atoms with Crippen LogP contribution in [-0.2, 0) is 0 Å². The van der Waals surface area contributed by atoms with Crippen LogP contribution in [0.15, 0.2) is 18.2 Å². The lowest BCUT2D eigenvalue weighted by Crippen LogP contribution is -2.24. The average Bonchev–Trinajstić information content (AvgIpc) is 2.61. The highest BCUT2D eigenvalue weighted by atomic mass is 16.3. The fraction of sp³-hybridized carbons (Fsp3) is 0.333. The van der Waals surface area contributed by atoms with Crippen LogP contribution in [0.1, 0.15) is 20.7 Å². The molecule has 2 rings (SSSR count). The van der Waals surface area contributed by atoms with Crippen molar-refractivity contribution in [3.05, 3.63) is 29.3 Å². The van der Waals surface area contributed by atoms with Crippen LogP contribution in [0.2, 0.25) is 0 Å². The number of fused-ring (bicyclic) bond motifs is 1. The van der Waals surface area contributed by atoms with Gasteiger partial charge in [0.15, 0.2) is 0 Å². The quantitative estimate of drug-likeness (QED) is 0.637. The SMILES string of the molecule is CN1C(=O)c2ccc(NC[C@@H](O)CO)cc2C1=O. The van der Waals surface area contributed by atoms with Crippen molar-refractivity contribution in [1.82, 2.24) is 4.90 Å². The molecule has 1 aliphatic heterocycles. The van der Waals surface area contributed by atoms with Crippen molar-refractivity contribution in [1.29, 1.82) is 0 Å². The Morgan fingerprint density at radius 2 is 1.94 bits per heavy atom. The van der Waals surface area contributed by atoms with E-state index < -0.39 is 6.10 Å². The number of hydrogen-bond acceptors (Lipinski definition) is 5. The van der Waals surface area contributed by atoms with E-state index in [1.807, 2.05) is 0 Å². The molecule has 6 heteroatoms. The van der Waals surface area contributed by atoms with Crippen molar-refractivity contribution in [3.63, 3.8) is 0 Å². The van der Waals surface area contributed by atoms with E-state index >= 15 is 0 Å². The molecule has 0 radical (unpaired) electrons. The molecule has 1 aromatic rings. The minimum atomic E-state index is -0.863. The Balaban J connectivity index is 2.19. The largest absolute Gasteiger partial charge is 0.394 e. The van der Waals surface area contributed by atoms with Gasteiger partial charge in [-0.05, 0) is 18.2 Å². The van der Waals surface area contributed by atoms with Gasteiger partial charge in [-0.15, -0.1) is 0 Å². The van der Waals surface area contributed by atoms with E-state index in [0.29, 0.717) is 16.8 Å². The van der Waals surface area contributed by atoms with E-state index in [2.05, 4.69) is 5.32 Å². The number of amides is 2. The molecule has 3 N–H and O–H groups in total. The number of nitrogens with zero attached hydrogens (tertiary/aromatic N) is 1. The van der Waals surface area contributed by atoms with Crippen molar-refractivity contribution in [2.75, 3.05) is 25.5 Å². The van der Waals surface area contributed by atoms with Gasteiger partial charge in [0, 0.05) is 19.3 Å². The maximum absolute atomic E-state index is 11.7. The zero-order valence-electron chi connectivity index (χ0n) is 9.88. The smallest absolute Gasteiger partial charge is 0.261 e. The number of anilines is 1. The monoisotopic (exact) mass is 250 g/mol. The summed E-state index contributed by atoms with van der Waals surface area (Å²) in [5.74, 6) is -0.640. The van der Waals surface area contributed by atoms with Crippen molar-refractivity contribution in [2.45, 2.75) is 6.10 Å². The molecule has 0 fully saturated rings. The molecule has 0 saturated heterocycles. The van der Waals surface area contributed by atoms with Gasteiger partial charge in [0.25, 0.3) is 11.8 Å². The van der Waals surface area contributed by atoms with Gasteiger partial charge in [0.05, 0.1) is 23.8 Å². The number of nitrogens with one attached hydrogen (secondary N) is 1. The van der Waals surface area contributed by atoms with E-state index in [-0.39, 0.29) is 25.0 Å². The van der Waals surface area contributed by atoms with Crippen LogP contribution >= 0.6 is 0 Å². The third kappa shape index (κ3) is 2.07. The Bertz CT molecular complexity index is 501. The molecule has 96 valence electrons. The maximum atomic E-state index is 11.7. The summed E-state index contributed by atoms with van der Waals surface area (Å²) in [6.07, 6.45) is -0.863. The first-order valence-corrected chi connectivity index (χ1v) is 5.54. The third-order valence-corrected chi connectivity index (χ3v) is 2.84. The summed E-state index contributed by atoms with van der Waals surface area (Å²) in [4.78, 5) is 24.5. The molecule has 0 aliphatic carbocycles. The normalized spacial score (nSPS) is 15.8. The van der Waals surface area contributed by atoms with Crippen LogP contribution < -0.4 is 5.32 Å². The molecule has 1 aliphatic rings. The van der Waals surface area contributed by atoms with Gasteiger partial charge in [0.1, 0.15) is 0 Å². The fourth-order valence-electron chi connectivity index (χ4n) is 1.77. The number of carbonyl (C=O) groups is 2. The second-order valence-corrected chi connectivity index (χ2v) is 4.15. The van der Waals surface area contributed by atoms with Crippen LogP contribution in [0.25, 0.3) is 0 Å². The standard InChI is InChI=1S/C12H14N2O4/c1-14-11(17)9-3-2-7(4-10(9)12(14)18)13-5-8(16)6-15/h2-4,8,13,15-16H,5-6H2,1H3/t8-/m1/s1. The number of hydrogen-bond donors (Lipinski definition) is 3. The molecule has 0 aromatic heterocycles. The number of imide groups is 1. The summed E-state index contributed by atoms with van der Waals surface area (Å²) in [6, 6.07) is 4.81. The summed E-state index contributed by atoms with van der Waals surface area (Å²) >= 11 is 0. The maximum Gasteiger partial charge on any atom is 0.261 e. The molecule has 1 aromatic carbocycles. The van der Waals surface area contributed by atoms with Crippen LogP contribution in [0.5, 0.6) is 0 Å². The summed E-state index contributed by atoms with van der Waals surface area (Å²) in [6.45, 7) is -0.161. The van der Waals surface area contributed by atoms with E-state index in [9.17, 15) is 14.7 Å². The van der Waals surface area contributed by atoms with Crippen molar-refractivity contribution in [3.8, 4) is 0 Å². The molecular weight excluding hydrogens is 236 g/mol. The van der Waals surface area contributed by atoms with Crippen molar-refractivity contribution < 1.29 is 19.8 Å². The molecule has 6 nitrogen and oxygen atoms in total. The lowest BCUT2D eigenvalue weighted by atomic mass is 10.1. The first kappa shape index (κ1) is 12.5. The van der Waals surface area contributed by atoms with Crippen molar-refractivity contribution in [2.24, 2.45) is 0 Å². The Kier molecular flexibility index (Phi) is 3.31. The highest BCUT2D eigenvalue weighted by molar-refractivity contribution is 6.21. The molecule has 2 amide bonds. The van der Waals surface area contributed by atoms with Crippen molar-refractivity contribution >= 4 is 17.5 Å². The zero-order valence-corrected chi connectivity index (χ0v) is 9.88. The second-order valence-electron chi connectivity index (χ2n) is 4.15. The van der Waals surface area contributed by atoms with Crippen LogP contribution in [-0.4, -0.2) is 53.2 Å². The lowest BCUT2D eigenvalue weighted by Gasteiger charge is -2.10. The Hall–Kier alpha value is -1.92. The van der Waals surface area contributed by atoms with Crippen LogP contribution in [0, 0.1) is 0 Å².